The molecule has 0 aliphatic heterocycles. The van der Waals surface area contributed by atoms with E-state index < -0.39 is 18.1 Å². The van der Waals surface area contributed by atoms with Gasteiger partial charge >= 0.3 is 18.1 Å². The second kappa shape index (κ2) is 6.59. The number of nitrogens with zero attached hydrogens (tertiary/aromatic N) is 1. The lowest BCUT2D eigenvalue weighted by molar-refractivity contribution is -0.192. The molecule has 0 aliphatic rings. The molecule has 0 saturated heterocycles. The van der Waals surface area contributed by atoms with E-state index in [0.717, 1.165) is 6.26 Å². The van der Waals surface area contributed by atoms with Crippen LogP contribution in [0, 0.1) is 0 Å². The molecule has 7 nitrogen and oxygen atoms in total. The fraction of sp³-hybridized carbons (Fsp3) is 0.375. The number of aromatic carboxylic acids is 1. The van der Waals surface area contributed by atoms with E-state index in [2.05, 4.69) is 10.3 Å². The van der Waals surface area contributed by atoms with Crippen LogP contribution in [0.25, 0.3) is 0 Å². The van der Waals surface area contributed by atoms with E-state index in [1.165, 1.54) is 0 Å². The first-order valence-corrected chi connectivity index (χ1v) is 4.31. The standard InChI is InChI=1S/C6H8N2O3.C2HF3O2/c1-7-2-5-8-4(3-11-5)6(9)10;3-2(4,5)1(6)7/h3,7H,2H2,1H3,(H,9,10);(H,6,7). The quantitative estimate of drug-likeness (QED) is 0.741. The highest BCUT2D eigenvalue weighted by Gasteiger charge is 2.38. The third kappa shape index (κ3) is 5.84. The van der Waals surface area contributed by atoms with Crippen LogP contribution in [0.2, 0.25) is 0 Å². The molecule has 10 heteroatoms. The van der Waals surface area contributed by atoms with E-state index in [9.17, 15) is 18.0 Å². The van der Waals surface area contributed by atoms with E-state index >= 15 is 0 Å². The summed E-state index contributed by atoms with van der Waals surface area (Å²) >= 11 is 0. The summed E-state index contributed by atoms with van der Waals surface area (Å²) in [6.07, 6.45) is -3.96. The summed E-state index contributed by atoms with van der Waals surface area (Å²) in [6, 6.07) is 0. The van der Waals surface area contributed by atoms with Crippen molar-refractivity contribution >= 4 is 11.9 Å². The van der Waals surface area contributed by atoms with Gasteiger partial charge in [-0.3, -0.25) is 0 Å². The van der Waals surface area contributed by atoms with Crippen molar-refractivity contribution in [2.75, 3.05) is 7.05 Å². The maximum Gasteiger partial charge on any atom is 0.490 e. The lowest BCUT2D eigenvalue weighted by Gasteiger charge is -1.93. The summed E-state index contributed by atoms with van der Waals surface area (Å²) in [5.74, 6) is -3.45. The van der Waals surface area contributed by atoms with Gasteiger partial charge in [-0.1, -0.05) is 0 Å². The molecule has 102 valence electrons. The molecule has 3 N–H and O–H groups in total. The van der Waals surface area contributed by atoms with Crippen LogP contribution in [0.5, 0.6) is 0 Å². The Morgan fingerprint density at radius 3 is 2.22 bits per heavy atom. The number of oxazole rings is 1. The second-order valence-corrected chi connectivity index (χ2v) is 2.76. The van der Waals surface area contributed by atoms with Gasteiger partial charge in [0.1, 0.15) is 6.26 Å². The number of rotatable bonds is 3. The Morgan fingerprint density at radius 1 is 1.44 bits per heavy atom. The fourth-order valence-electron chi connectivity index (χ4n) is 0.642. The largest absolute Gasteiger partial charge is 0.490 e. The third-order valence-electron chi connectivity index (χ3n) is 1.34. The number of carboxylic acids is 2. The number of carbonyl (C=O) groups is 2. The predicted octanol–water partition coefficient (Wildman–Crippen LogP) is 0.725. The Balaban J connectivity index is 0.000000360. The molecule has 0 spiro atoms. The minimum absolute atomic E-state index is 0.0600. The Bertz CT molecular complexity index is 415. The average Bonchev–Trinajstić information content (AvgIpc) is 2.66. The van der Waals surface area contributed by atoms with Gasteiger partial charge in [-0.2, -0.15) is 13.2 Å². The lowest BCUT2D eigenvalue weighted by Crippen LogP contribution is -2.21. The van der Waals surface area contributed by atoms with Crippen LogP contribution in [0.3, 0.4) is 0 Å². The van der Waals surface area contributed by atoms with Gasteiger partial charge in [-0.05, 0) is 7.05 Å². The third-order valence-corrected chi connectivity index (χ3v) is 1.34. The van der Waals surface area contributed by atoms with Crippen molar-refractivity contribution in [2.24, 2.45) is 0 Å². The molecule has 0 fully saturated rings. The van der Waals surface area contributed by atoms with Crippen molar-refractivity contribution in [3.8, 4) is 0 Å². The predicted molar refractivity (Wildman–Crippen MR) is 49.9 cm³/mol. The fourth-order valence-corrected chi connectivity index (χ4v) is 0.642. The molecule has 0 unspecified atom stereocenters. The summed E-state index contributed by atoms with van der Waals surface area (Å²) in [5, 5.41) is 18.3. The zero-order valence-electron chi connectivity index (χ0n) is 8.98. The SMILES string of the molecule is CNCc1nc(C(=O)O)co1.O=C(O)C(F)(F)F. The van der Waals surface area contributed by atoms with Crippen molar-refractivity contribution in [3.63, 3.8) is 0 Å². The molecule has 1 aromatic rings. The molecular weight excluding hydrogens is 261 g/mol. The topological polar surface area (TPSA) is 113 Å². The lowest BCUT2D eigenvalue weighted by atomic mass is 10.5. The zero-order chi connectivity index (χ0) is 14.3. The average molecular weight is 270 g/mol. The van der Waals surface area contributed by atoms with Crippen molar-refractivity contribution < 1.29 is 37.4 Å². The Kier molecular flexibility index (Phi) is 5.82. The van der Waals surface area contributed by atoms with Crippen LogP contribution < -0.4 is 5.32 Å². The minimum Gasteiger partial charge on any atom is -0.476 e. The summed E-state index contributed by atoms with van der Waals surface area (Å²) in [7, 11) is 1.73. The number of aliphatic carboxylic acids is 1. The maximum atomic E-state index is 10.6. The molecule has 0 aromatic carbocycles. The second-order valence-electron chi connectivity index (χ2n) is 2.76. The van der Waals surface area contributed by atoms with Crippen molar-refractivity contribution in [2.45, 2.75) is 12.7 Å². The number of carboxylic acid groups (broad SMARTS) is 2. The van der Waals surface area contributed by atoms with Crippen LogP contribution >= 0.6 is 0 Å². The van der Waals surface area contributed by atoms with Gasteiger partial charge in [0.05, 0.1) is 6.54 Å². The number of hydrogen-bond acceptors (Lipinski definition) is 5. The molecule has 0 aliphatic carbocycles. The van der Waals surface area contributed by atoms with Crippen LogP contribution in [0.1, 0.15) is 16.4 Å². The van der Waals surface area contributed by atoms with Crippen molar-refractivity contribution in [3.05, 3.63) is 17.8 Å². The molecule has 18 heavy (non-hydrogen) atoms. The first-order chi connectivity index (χ1) is 8.18. The van der Waals surface area contributed by atoms with E-state index in [0.29, 0.717) is 12.4 Å². The molecule has 1 rings (SSSR count). The number of alkyl halides is 3. The first-order valence-electron chi connectivity index (χ1n) is 4.31. The zero-order valence-corrected chi connectivity index (χ0v) is 8.98. The molecule has 0 atom stereocenters. The highest BCUT2D eigenvalue weighted by molar-refractivity contribution is 5.84. The Labute approximate surface area is 98.2 Å². The molecule has 0 radical (unpaired) electrons. The smallest absolute Gasteiger partial charge is 0.476 e. The van der Waals surface area contributed by atoms with Crippen LogP contribution in [0.15, 0.2) is 10.7 Å². The van der Waals surface area contributed by atoms with Gasteiger partial charge < -0.3 is 19.9 Å². The van der Waals surface area contributed by atoms with Gasteiger partial charge in [0.15, 0.2) is 5.69 Å². The Morgan fingerprint density at radius 2 is 1.94 bits per heavy atom. The van der Waals surface area contributed by atoms with Crippen molar-refractivity contribution in [1.29, 1.82) is 0 Å². The summed E-state index contributed by atoms with van der Waals surface area (Å²) in [4.78, 5) is 22.8. The van der Waals surface area contributed by atoms with E-state index in [1.54, 1.807) is 7.05 Å². The normalized spacial score (nSPS) is 10.4. The minimum atomic E-state index is -5.08. The van der Waals surface area contributed by atoms with Crippen LogP contribution in [0.4, 0.5) is 13.2 Å². The number of hydrogen-bond donors (Lipinski definition) is 3. The number of aromatic nitrogens is 1. The number of nitrogens with one attached hydrogen (secondary N) is 1. The van der Waals surface area contributed by atoms with E-state index in [1.807, 2.05) is 0 Å². The molecule has 1 aromatic heterocycles. The van der Waals surface area contributed by atoms with Crippen LogP contribution in [-0.2, 0) is 11.3 Å². The molecule has 0 saturated carbocycles. The van der Waals surface area contributed by atoms with E-state index in [-0.39, 0.29) is 5.69 Å². The highest BCUT2D eigenvalue weighted by atomic mass is 19.4. The van der Waals surface area contributed by atoms with Gasteiger partial charge in [-0.15, -0.1) is 0 Å². The van der Waals surface area contributed by atoms with Gasteiger partial charge in [0.2, 0.25) is 5.89 Å². The summed E-state index contributed by atoms with van der Waals surface area (Å²) in [5.41, 5.74) is -0.0600. The van der Waals surface area contributed by atoms with Gasteiger partial charge in [0, 0.05) is 0 Å². The molecule has 0 bridgehead atoms. The van der Waals surface area contributed by atoms with Gasteiger partial charge in [0.25, 0.3) is 0 Å². The van der Waals surface area contributed by atoms with Crippen LogP contribution in [-0.4, -0.2) is 40.4 Å². The molecule has 1 heterocycles. The van der Waals surface area contributed by atoms with Gasteiger partial charge in [-0.25, -0.2) is 14.6 Å². The summed E-state index contributed by atoms with van der Waals surface area (Å²) in [6.45, 7) is 0.438. The van der Waals surface area contributed by atoms with E-state index in [4.69, 9.17) is 19.4 Å². The first kappa shape index (κ1) is 15.9. The molecular formula is C8H9F3N2O5. The monoisotopic (exact) mass is 270 g/mol. The molecule has 0 amide bonds. The maximum absolute atomic E-state index is 10.6. The summed E-state index contributed by atoms with van der Waals surface area (Å²) < 4.78 is 36.5. The number of halogens is 3. The highest BCUT2D eigenvalue weighted by Crippen LogP contribution is 2.13. The van der Waals surface area contributed by atoms with Crippen molar-refractivity contribution in [1.82, 2.24) is 10.3 Å². The Hall–Kier alpha value is -2.10.